The summed E-state index contributed by atoms with van der Waals surface area (Å²) in [6, 6.07) is 3.25. The Kier molecular flexibility index (Phi) is 7.38. The summed E-state index contributed by atoms with van der Waals surface area (Å²) in [5.74, 6) is 2.26. The van der Waals surface area contributed by atoms with Crippen LogP contribution in [0.3, 0.4) is 0 Å². The number of hydrogen-bond donors (Lipinski definition) is 1. The Morgan fingerprint density at radius 3 is 2.52 bits per heavy atom. The second-order valence-corrected chi connectivity index (χ2v) is 7.42. The van der Waals surface area contributed by atoms with Gasteiger partial charge in [-0.1, -0.05) is 25.4 Å². The van der Waals surface area contributed by atoms with Crippen LogP contribution in [0.5, 0.6) is 11.5 Å². The van der Waals surface area contributed by atoms with Crippen molar-refractivity contribution < 1.29 is 14.3 Å². The smallest absolute Gasteiger partial charge is 0.251 e. The third-order valence-corrected chi connectivity index (χ3v) is 4.86. The molecule has 0 unspecified atom stereocenters. The number of likely N-dealkylation sites (tertiary alicyclic amines) is 1. The number of ether oxygens (including phenoxy) is 2. The van der Waals surface area contributed by atoms with Gasteiger partial charge in [-0.3, -0.25) is 4.79 Å². The van der Waals surface area contributed by atoms with Crippen molar-refractivity contribution in [2.75, 3.05) is 40.4 Å². The first kappa shape index (κ1) is 19.9. The van der Waals surface area contributed by atoms with Gasteiger partial charge in [0.05, 0.1) is 19.2 Å². The van der Waals surface area contributed by atoms with E-state index in [-0.39, 0.29) is 5.91 Å². The number of rotatable bonds is 7. The van der Waals surface area contributed by atoms with E-state index in [2.05, 4.69) is 24.1 Å². The van der Waals surface area contributed by atoms with Crippen molar-refractivity contribution in [3.8, 4) is 11.5 Å². The molecule has 0 aliphatic carbocycles. The predicted octanol–water partition coefficient (Wildman–Crippen LogP) is 3.46. The van der Waals surface area contributed by atoms with E-state index in [0.29, 0.717) is 28.6 Å². The molecule has 2 rings (SSSR count). The Labute approximate surface area is 155 Å². The summed E-state index contributed by atoms with van der Waals surface area (Å²) in [7, 11) is 3.04. The number of carbonyl (C=O) groups is 1. The largest absolute Gasteiger partial charge is 0.493 e. The van der Waals surface area contributed by atoms with Crippen LogP contribution in [0.1, 0.15) is 37.0 Å². The van der Waals surface area contributed by atoms with Gasteiger partial charge >= 0.3 is 0 Å². The zero-order valence-corrected chi connectivity index (χ0v) is 16.4. The summed E-state index contributed by atoms with van der Waals surface area (Å²) in [5, 5.41) is 3.32. The van der Waals surface area contributed by atoms with Crippen molar-refractivity contribution in [2.45, 2.75) is 26.7 Å². The van der Waals surface area contributed by atoms with Crippen LogP contribution in [0.15, 0.2) is 12.1 Å². The monoisotopic (exact) mass is 368 g/mol. The Morgan fingerprint density at radius 1 is 1.24 bits per heavy atom. The van der Waals surface area contributed by atoms with Crippen LogP contribution in [0.2, 0.25) is 5.02 Å². The molecule has 0 spiro atoms. The molecule has 0 aromatic heterocycles. The highest BCUT2D eigenvalue weighted by atomic mass is 35.5. The number of carbonyl (C=O) groups excluding carboxylic acids is 1. The number of halogens is 1. The van der Waals surface area contributed by atoms with Crippen molar-refractivity contribution in [2.24, 2.45) is 11.8 Å². The summed E-state index contributed by atoms with van der Waals surface area (Å²) in [4.78, 5) is 14.8. The highest BCUT2D eigenvalue weighted by Gasteiger charge is 2.21. The van der Waals surface area contributed by atoms with Crippen LogP contribution in [-0.4, -0.2) is 51.2 Å². The molecule has 1 amide bonds. The SMILES string of the molecule is COc1cc(C(=O)NCCCN2C[C@@H](C)C[C@H](C)C2)cc(Cl)c1OC. The van der Waals surface area contributed by atoms with Gasteiger partial charge in [0.25, 0.3) is 5.91 Å². The highest BCUT2D eigenvalue weighted by molar-refractivity contribution is 6.32. The Hall–Kier alpha value is -1.46. The van der Waals surface area contributed by atoms with Crippen molar-refractivity contribution in [1.82, 2.24) is 10.2 Å². The van der Waals surface area contributed by atoms with Gasteiger partial charge in [-0.05, 0) is 43.4 Å². The fourth-order valence-electron chi connectivity index (χ4n) is 3.63. The van der Waals surface area contributed by atoms with Gasteiger partial charge in [0, 0.05) is 25.2 Å². The van der Waals surface area contributed by atoms with Crippen molar-refractivity contribution in [1.29, 1.82) is 0 Å². The van der Waals surface area contributed by atoms with Crippen molar-refractivity contribution in [3.63, 3.8) is 0 Å². The first-order chi connectivity index (χ1) is 11.9. The second-order valence-electron chi connectivity index (χ2n) is 7.01. The first-order valence-corrected chi connectivity index (χ1v) is 9.24. The molecule has 1 heterocycles. The highest BCUT2D eigenvalue weighted by Crippen LogP contribution is 2.35. The molecule has 1 aliphatic heterocycles. The summed E-state index contributed by atoms with van der Waals surface area (Å²) < 4.78 is 10.4. The maximum absolute atomic E-state index is 12.3. The molecule has 1 fully saturated rings. The third-order valence-electron chi connectivity index (χ3n) is 4.58. The molecule has 25 heavy (non-hydrogen) atoms. The van der Waals surface area contributed by atoms with Crippen LogP contribution in [-0.2, 0) is 0 Å². The van der Waals surface area contributed by atoms with E-state index in [0.717, 1.165) is 37.9 Å². The third kappa shape index (κ3) is 5.51. The van der Waals surface area contributed by atoms with Gasteiger partial charge < -0.3 is 19.7 Å². The molecular formula is C19H29ClN2O3. The van der Waals surface area contributed by atoms with Gasteiger partial charge in [-0.25, -0.2) is 0 Å². The quantitative estimate of drug-likeness (QED) is 0.749. The van der Waals surface area contributed by atoms with E-state index < -0.39 is 0 Å². The Balaban J connectivity index is 1.83. The maximum atomic E-state index is 12.3. The molecule has 0 bridgehead atoms. The first-order valence-electron chi connectivity index (χ1n) is 8.86. The zero-order chi connectivity index (χ0) is 18.4. The van der Waals surface area contributed by atoms with Crippen LogP contribution in [0, 0.1) is 11.8 Å². The fraction of sp³-hybridized carbons (Fsp3) is 0.632. The number of hydrogen-bond acceptors (Lipinski definition) is 4. The minimum Gasteiger partial charge on any atom is -0.493 e. The predicted molar refractivity (Wildman–Crippen MR) is 101 cm³/mol. The van der Waals surface area contributed by atoms with Crippen LogP contribution < -0.4 is 14.8 Å². The number of methoxy groups -OCH3 is 2. The number of nitrogens with one attached hydrogen (secondary N) is 1. The van der Waals surface area contributed by atoms with Crippen molar-refractivity contribution >= 4 is 17.5 Å². The summed E-state index contributed by atoms with van der Waals surface area (Å²) in [5.41, 5.74) is 0.475. The van der Waals surface area contributed by atoms with Crippen LogP contribution in [0.4, 0.5) is 0 Å². The van der Waals surface area contributed by atoms with E-state index in [9.17, 15) is 4.79 Å². The topological polar surface area (TPSA) is 50.8 Å². The van der Waals surface area contributed by atoms with Gasteiger partial charge in [-0.2, -0.15) is 0 Å². The number of benzene rings is 1. The normalized spacial score (nSPS) is 21.0. The minimum atomic E-state index is -0.150. The van der Waals surface area contributed by atoms with Gasteiger partial charge in [0.15, 0.2) is 11.5 Å². The van der Waals surface area contributed by atoms with Crippen molar-refractivity contribution in [3.05, 3.63) is 22.7 Å². The van der Waals surface area contributed by atoms with Gasteiger partial charge in [0.2, 0.25) is 0 Å². The lowest BCUT2D eigenvalue weighted by atomic mass is 9.92. The molecule has 1 saturated heterocycles. The number of nitrogens with zero attached hydrogens (tertiary/aromatic N) is 1. The lowest BCUT2D eigenvalue weighted by Gasteiger charge is -2.34. The van der Waals surface area contributed by atoms with E-state index in [1.807, 2.05) is 0 Å². The minimum absolute atomic E-state index is 0.150. The average Bonchev–Trinajstić information content (AvgIpc) is 2.56. The number of piperidine rings is 1. The molecule has 2 atom stereocenters. The fourth-order valence-corrected chi connectivity index (χ4v) is 3.92. The van der Waals surface area contributed by atoms with Crippen LogP contribution in [0.25, 0.3) is 0 Å². The second kappa shape index (κ2) is 9.30. The molecule has 140 valence electrons. The lowest BCUT2D eigenvalue weighted by Crippen LogP contribution is -2.40. The van der Waals surface area contributed by atoms with E-state index in [1.165, 1.54) is 20.6 Å². The molecule has 0 saturated carbocycles. The molecule has 1 aliphatic rings. The maximum Gasteiger partial charge on any atom is 0.251 e. The zero-order valence-electron chi connectivity index (χ0n) is 15.6. The van der Waals surface area contributed by atoms with Gasteiger partial charge in [0.1, 0.15) is 0 Å². The molecule has 6 heteroatoms. The summed E-state index contributed by atoms with van der Waals surface area (Å²) in [6.45, 7) is 8.59. The molecule has 0 radical (unpaired) electrons. The standard InChI is InChI=1S/C19H29ClN2O3/c1-13-8-14(2)12-22(11-13)7-5-6-21-19(23)15-9-16(20)18(25-4)17(10-15)24-3/h9-10,13-14H,5-8,11-12H2,1-4H3,(H,21,23)/t13-,14-/m0/s1. The van der Waals surface area contributed by atoms with Crippen LogP contribution >= 0.6 is 11.6 Å². The molecule has 1 aromatic carbocycles. The molecule has 1 N–H and O–H groups in total. The molecule has 1 aromatic rings. The Morgan fingerprint density at radius 2 is 1.92 bits per heavy atom. The van der Waals surface area contributed by atoms with E-state index in [1.54, 1.807) is 12.1 Å². The summed E-state index contributed by atoms with van der Waals surface area (Å²) >= 11 is 6.16. The lowest BCUT2D eigenvalue weighted by molar-refractivity contribution is 0.0947. The molecular weight excluding hydrogens is 340 g/mol. The summed E-state index contributed by atoms with van der Waals surface area (Å²) in [6.07, 6.45) is 2.25. The number of amides is 1. The average molecular weight is 369 g/mol. The Bertz CT molecular complexity index is 584. The van der Waals surface area contributed by atoms with Gasteiger partial charge in [-0.15, -0.1) is 0 Å². The van der Waals surface area contributed by atoms with E-state index >= 15 is 0 Å². The van der Waals surface area contributed by atoms with E-state index in [4.69, 9.17) is 21.1 Å². The molecule has 5 nitrogen and oxygen atoms in total.